The highest BCUT2D eigenvalue weighted by Crippen LogP contribution is 2.50. The van der Waals surface area contributed by atoms with E-state index in [4.69, 9.17) is 4.74 Å². The molecule has 0 radical (unpaired) electrons. The van der Waals surface area contributed by atoms with Crippen molar-refractivity contribution in [3.05, 3.63) is 88.4 Å². The van der Waals surface area contributed by atoms with Crippen LogP contribution in [-0.2, 0) is 22.6 Å². The highest BCUT2D eigenvalue weighted by atomic mass is 19.1. The SMILES string of the molecule is COC(=O)[C@@H]1[C@@H](CO)[C@@H]2Cn3c(ccc(-c4ccc(F)cc4)c3=O)[C@@H]2N1Cc1ccccn1. The summed E-state index contributed by atoms with van der Waals surface area (Å²) in [5.74, 6) is -1.30. The van der Waals surface area contributed by atoms with Gasteiger partial charge in [0.1, 0.15) is 11.9 Å². The molecule has 4 atom stereocenters. The second-order valence-electron chi connectivity index (χ2n) is 8.51. The molecular weight excluding hydrogens is 425 g/mol. The molecule has 8 heteroatoms. The van der Waals surface area contributed by atoms with Crippen molar-refractivity contribution in [3.8, 4) is 11.1 Å². The quantitative estimate of drug-likeness (QED) is 0.602. The van der Waals surface area contributed by atoms with Gasteiger partial charge in [-0.05, 0) is 42.0 Å². The fraction of sp³-hybridized carbons (Fsp3) is 0.320. The number of carbonyl (C=O) groups excluding carboxylic acids is 1. The third-order valence-electron chi connectivity index (χ3n) is 6.86. The maximum Gasteiger partial charge on any atom is 0.323 e. The van der Waals surface area contributed by atoms with Crippen molar-refractivity contribution in [2.75, 3.05) is 13.7 Å². The van der Waals surface area contributed by atoms with E-state index in [0.29, 0.717) is 24.2 Å². The van der Waals surface area contributed by atoms with Crippen LogP contribution in [0, 0.1) is 17.7 Å². The first kappa shape index (κ1) is 21.5. The molecule has 2 aliphatic rings. The van der Waals surface area contributed by atoms with Crippen LogP contribution in [0.3, 0.4) is 0 Å². The number of halogens is 1. The number of aliphatic hydroxyl groups excluding tert-OH is 1. The van der Waals surface area contributed by atoms with Crippen molar-refractivity contribution in [3.63, 3.8) is 0 Å². The summed E-state index contributed by atoms with van der Waals surface area (Å²) in [6.07, 6.45) is 1.70. The number of benzene rings is 1. The number of fused-ring (bicyclic) bond motifs is 3. The number of nitrogens with zero attached hydrogens (tertiary/aromatic N) is 3. The van der Waals surface area contributed by atoms with E-state index in [1.807, 2.05) is 29.2 Å². The Kier molecular flexibility index (Phi) is 5.55. The highest BCUT2D eigenvalue weighted by molar-refractivity contribution is 5.77. The predicted octanol–water partition coefficient (Wildman–Crippen LogP) is 2.39. The first-order valence-electron chi connectivity index (χ1n) is 10.9. The van der Waals surface area contributed by atoms with Gasteiger partial charge in [-0.1, -0.05) is 18.2 Å². The van der Waals surface area contributed by atoms with Gasteiger partial charge >= 0.3 is 5.97 Å². The molecule has 1 fully saturated rings. The monoisotopic (exact) mass is 449 g/mol. The number of pyridine rings is 2. The zero-order valence-corrected chi connectivity index (χ0v) is 18.1. The number of hydrogen-bond donors (Lipinski definition) is 1. The van der Waals surface area contributed by atoms with Gasteiger partial charge in [-0.15, -0.1) is 0 Å². The van der Waals surface area contributed by atoms with Crippen LogP contribution in [-0.4, -0.2) is 45.3 Å². The number of carbonyl (C=O) groups is 1. The summed E-state index contributed by atoms with van der Waals surface area (Å²) < 4.78 is 20.2. The van der Waals surface area contributed by atoms with Crippen LogP contribution >= 0.6 is 0 Å². The lowest BCUT2D eigenvalue weighted by atomic mass is 9.88. The molecule has 1 N–H and O–H groups in total. The summed E-state index contributed by atoms with van der Waals surface area (Å²) in [5, 5.41) is 10.2. The Morgan fingerprint density at radius 1 is 1.18 bits per heavy atom. The molecule has 0 spiro atoms. The van der Waals surface area contributed by atoms with Crippen LogP contribution in [0.4, 0.5) is 4.39 Å². The van der Waals surface area contributed by atoms with Crippen molar-refractivity contribution in [2.45, 2.75) is 25.2 Å². The molecule has 1 saturated heterocycles. The zero-order valence-electron chi connectivity index (χ0n) is 18.1. The lowest BCUT2D eigenvalue weighted by molar-refractivity contribution is -0.148. The smallest absolute Gasteiger partial charge is 0.323 e. The van der Waals surface area contributed by atoms with Crippen molar-refractivity contribution >= 4 is 5.97 Å². The molecular formula is C25H24FN3O4. The second kappa shape index (κ2) is 8.53. The third-order valence-corrected chi connectivity index (χ3v) is 6.86. The van der Waals surface area contributed by atoms with E-state index in [2.05, 4.69) is 4.98 Å². The molecule has 3 aromatic rings. The fourth-order valence-corrected chi connectivity index (χ4v) is 5.40. The van der Waals surface area contributed by atoms with Gasteiger partial charge in [0.05, 0.1) is 18.8 Å². The minimum atomic E-state index is -0.641. The number of hydrogen-bond acceptors (Lipinski definition) is 6. The fourth-order valence-electron chi connectivity index (χ4n) is 5.40. The van der Waals surface area contributed by atoms with Crippen LogP contribution in [0.1, 0.15) is 17.4 Å². The van der Waals surface area contributed by atoms with E-state index in [1.165, 1.54) is 19.2 Å². The minimum Gasteiger partial charge on any atom is -0.468 e. The molecule has 170 valence electrons. The van der Waals surface area contributed by atoms with Crippen LogP contribution < -0.4 is 5.56 Å². The van der Waals surface area contributed by atoms with Crippen LogP contribution in [0.2, 0.25) is 0 Å². The number of aliphatic hydroxyl groups is 1. The Morgan fingerprint density at radius 3 is 2.64 bits per heavy atom. The molecule has 4 heterocycles. The van der Waals surface area contributed by atoms with Crippen molar-refractivity contribution in [1.29, 1.82) is 0 Å². The molecule has 1 aromatic carbocycles. The molecule has 0 amide bonds. The van der Waals surface area contributed by atoms with Gasteiger partial charge in [0, 0.05) is 49.0 Å². The van der Waals surface area contributed by atoms with Gasteiger partial charge in [-0.3, -0.25) is 19.5 Å². The molecule has 0 saturated carbocycles. The molecule has 2 aliphatic heterocycles. The van der Waals surface area contributed by atoms with Crippen LogP contribution in [0.15, 0.2) is 65.6 Å². The topological polar surface area (TPSA) is 84.7 Å². The molecule has 7 nitrogen and oxygen atoms in total. The highest BCUT2D eigenvalue weighted by Gasteiger charge is 2.56. The van der Waals surface area contributed by atoms with Gasteiger partial charge < -0.3 is 14.4 Å². The van der Waals surface area contributed by atoms with E-state index < -0.39 is 12.0 Å². The maximum atomic E-state index is 13.4. The Labute approximate surface area is 190 Å². The van der Waals surface area contributed by atoms with Gasteiger partial charge in [0.15, 0.2) is 0 Å². The summed E-state index contributed by atoms with van der Waals surface area (Å²) in [5.41, 5.74) is 2.53. The molecule has 2 aromatic heterocycles. The largest absolute Gasteiger partial charge is 0.468 e. The zero-order chi connectivity index (χ0) is 23.1. The van der Waals surface area contributed by atoms with Crippen molar-refractivity contribution < 1.29 is 19.0 Å². The number of methoxy groups -OCH3 is 1. The Morgan fingerprint density at radius 2 is 1.97 bits per heavy atom. The normalized spacial score (nSPS) is 23.8. The predicted molar refractivity (Wildman–Crippen MR) is 118 cm³/mol. The van der Waals surface area contributed by atoms with E-state index in [-0.39, 0.29) is 35.9 Å². The van der Waals surface area contributed by atoms with Gasteiger partial charge in [0.25, 0.3) is 5.56 Å². The summed E-state index contributed by atoms with van der Waals surface area (Å²) in [6.45, 7) is 0.560. The van der Waals surface area contributed by atoms with Gasteiger partial charge in [-0.25, -0.2) is 4.39 Å². The van der Waals surface area contributed by atoms with Crippen molar-refractivity contribution in [2.24, 2.45) is 11.8 Å². The maximum absolute atomic E-state index is 13.4. The first-order valence-corrected chi connectivity index (χ1v) is 10.9. The van der Waals surface area contributed by atoms with Gasteiger partial charge in [-0.2, -0.15) is 0 Å². The number of aromatic nitrogens is 2. The van der Waals surface area contributed by atoms with E-state index in [1.54, 1.807) is 29.0 Å². The van der Waals surface area contributed by atoms with Crippen molar-refractivity contribution in [1.82, 2.24) is 14.5 Å². The first-order chi connectivity index (χ1) is 16.0. The standard InChI is InChI=1S/C25H24FN3O4/c1-33-25(32)23-20(14-30)19-13-28-21(22(19)29(23)12-17-4-2-3-11-27-17)10-9-18(24(28)31)15-5-7-16(26)8-6-15/h2-11,19-20,22-23,30H,12-14H2,1H3/t19-,20-,22+,23-/m0/s1. The average molecular weight is 449 g/mol. The number of esters is 1. The summed E-state index contributed by atoms with van der Waals surface area (Å²) in [7, 11) is 1.34. The number of rotatable bonds is 5. The lowest BCUT2D eigenvalue weighted by Gasteiger charge is -2.29. The average Bonchev–Trinajstić information content (AvgIpc) is 3.36. The lowest BCUT2D eigenvalue weighted by Crippen LogP contribution is -2.43. The molecule has 0 bridgehead atoms. The molecule has 5 rings (SSSR count). The Bertz CT molecular complexity index is 1230. The van der Waals surface area contributed by atoms with Crippen LogP contribution in [0.5, 0.6) is 0 Å². The Balaban J connectivity index is 1.59. The molecule has 0 unspecified atom stereocenters. The number of likely N-dealkylation sites (tertiary alicyclic amines) is 1. The number of ether oxygens (including phenoxy) is 1. The Hall–Kier alpha value is -3.36. The van der Waals surface area contributed by atoms with Crippen LogP contribution in [0.25, 0.3) is 11.1 Å². The minimum absolute atomic E-state index is 0.140. The second-order valence-corrected chi connectivity index (χ2v) is 8.51. The molecule has 0 aliphatic carbocycles. The summed E-state index contributed by atoms with van der Waals surface area (Å²) in [6, 6.07) is 14.2. The summed E-state index contributed by atoms with van der Waals surface area (Å²) >= 11 is 0. The van der Waals surface area contributed by atoms with E-state index >= 15 is 0 Å². The third kappa shape index (κ3) is 3.55. The van der Waals surface area contributed by atoms with E-state index in [0.717, 1.165) is 11.4 Å². The van der Waals surface area contributed by atoms with E-state index in [9.17, 15) is 19.1 Å². The van der Waals surface area contributed by atoms with Gasteiger partial charge in [0.2, 0.25) is 0 Å². The molecule has 33 heavy (non-hydrogen) atoms. The summed E-state index contributed by atoms with van der Waals surface area (Å²) in [4.78, 5) is 32.6.